The second-order valence-corrected chi connectivity index (χ2v) is 11.4. The molecule has 0 saturated carbocycles. The molecular formula is C32H33F4N7O5. The first kappa shape index (κ1) is 34.1. The van der Waals surface area contributed by atoms with Crippen molar-refractivity contribution in [1.29, 1.82) is 0 Å². The molecule has 0 aliphatic carbocycles. The van der Waals surface area contributed by atoms with Gasteiger partial charge in [0, 0.05) is 61.3 Å². The van der Waals surface area contributed by atoms with E-state index < -0.39 is 18.0 Å². The molecule has 2 amide bonds. The van der Waals surface area contributed by atoms with Crippen LogP contribution in [0, 0.1) is 18.7 Å². The molecule has 2 saturated heterocycles. The number of carbonyl (C=O) groups excluding carboxylic acids is 2. The minimum absolute atomic E-state index is 0.0269. The summed E-state index contributed by atoms with van der Waals surface area (Å²) in [5.41, 5.74) is 4.19. The standard InChI is InChI=1S/C30H32FN7O3.C2HF3O2/c1-18-13-21(4-5-23(18)30(40)37-10-7-19(8-11-37)29(39)36-22-15-32-16-22)35-27-28-34-17-25(38(28)12-9-33-27)20-3-6-26(41-2)24(31)14-20;3-2(4,5)1(6)7/h3-6,9,12-14,17,19,22,32H,7-8,10-11,15-16H2,1-2H3,(H,33,35)(H,36,39);(H,6,7). The van der Waals surface area contributed by atoms with Gasteiger partial charge in [-0.2, -0.15) is 13.2 Å². The lowest BCUT2D eigenvalue weighted by Crippen LogP contribution is -2.58. The van der Waals surface area contributed by atoms with Gasteiger partial charge in [-0.25, -0.2) is 19.2 Å². The molecule has 2 aliphatic rings. The Bertz CT molecular complexity index is 1820. The number of amides is 2. The minimum atomic E-state index is -5.08. The third-order valence-electron chi connectivity index (χ3n) is 8.12. The number of ether oxygens (including phenoxy) is 1. The van der Waals surface area contributed by atoms with E-state index in [0.29, 0.717) is 54.2 Å². The number of alkyl halides is 3. The van der Waals surface area contributed by atoms with Crippen LogP contribution in [0.15, 0.2) is 55.0 Å². The van der Waals surface area contributed by atoms with Crippen molar-refractivity contribution >= 4 is 34.9 Å². The average Bonchev–Trinajstić information content (AvgIpc) is 3.48. The second kappa shape index (κ2) is 14.3. The zero-order valence-corrected chi connectivity index (χ0v) is 26.0. The number of benzene rings is 2. The summed E-state index contributed by atoms with van der Waals surface area (Å²) >= 11 is 0. The summed E-state index contributed by atoms with van der Waals surface area (Å²) in [5.74, 6) is -2.47. The summed E-state index contributed by atoms with van der Waals surface area (Å²) < 4.78 is 52.9. The maximum absolute atomic E-state index is 14.3. The fourth-order valence-electron chi connectivity index (χ4n) is 5.39. The first-order chi connectivity index (χ1) is 22.8. The summed E-state index contributed by atoms with van der Waals surface area (Å²) in [6.07, 6.45) is 1.35. The molecule has 0 bridgehead atoms. The first-order valence-electron chi connectivity index (χ1n) is 15.0. The van der Waals surface area contributed by atoms with Crippen molar-refractivity contribution in [2.75, 3.05) is 38.6 Å². The second-order valence-electron chi connectivity index (χ2n) is 11.4. The fourth-order valence-corrected chi connectivity index (χ4v) is 5.39. The van der Waals surface area contributed by atoms with Gasteiger partial charge in [0.2, 0.25) is 5.91 Å². The Hall–Kier alpha value is -5.25. The molecule has 2 aromatic heterocycles. The summed E-state index contributed by atoms with van der Waals surface area (Å²) in [7, 11) is 1.43. The topological polar surface area (TPSA) is 150 Å². The number of likely N-dealkylation sites (tertiary alicyclic amines) is 1. The first-order valence-corrected chi connectivity index (χ1v) is 15.0. The van der Waals surface area contributed by atoms with Gasteiger partial charge in [0.1, 0.15) is 0 Å². The highest BCUT2D eigenvalue weighted by atomic mass is 19.4. The van der Waals surface area contributed by atoms with Gasteiger partial charge < -0.3 is 30.7 Å². The Morgan fingerprint density at radius 1 is 1.06 bits per heavy atom. The van der Waals surface area contributed by atoms with E-state index in [1.165, 1.54) is 13.2 Å². The molecule has 4 aromatic rings. The number of methoxy groups -OCH3 is 1. The number of piperidine rings is 1. The van der Waals surface area contributed by atoms with Gasteiger partial charge in [0.15, 0.2) is 23.0 Å². The van der Waals surface area contributed by atoms with Gasteiger partial charge in [0.05, 0.1) is 25.0 Å². The Morgan fingerprint density at radius 2 is 1.77 bits per heavy atom. The third-order valence-corrected chi connectivity index (χ3v) is 8.12. The van der Waals surface area contributed by atoms with Crippen LogP contribution in [0.1, 0.15) is 28.8 Å². The van der Waals surface area contributed by atoms with Gasteiger partial charge in [-0.15, -0.1) is 0 Å². The predicted molar refractivity (Wildman–Crippen MR) is 167 cm³/mol. The molecule has 0 radical (unpaired) electrons. The Balaban J connectivity index is 0.000000582. The normalized spacial score (nSPS) is 15.2. The van der Waals surface area contributed by atoms with Crippen molar-refractivity contribution < 1.29 is 41.8 Å². The molecule has 2 fully saturated rings. The van der Waals surface area contributed by atoms with Crippen LogP contribution in [0.5, 0.6) is 5.75 Å². The zero-order valence-electron chi connectivity index (χ0n) is 26.0. The molecule has 4 N–H and O–H groups in total. The van der Waals surface area contributed by atoms with E-state index in [-0.39, 0.29) is 29.5 Å². The van der Waals surface area contributed by atoms with Gasteiger partial charge >= 0.3 is 12.1 Å². The molecule has 254 valence electrons. The number of rotatable bonds is 7. The number of carboxylic acids is 1. The van der Waals surface area contributed by atoms with Gasteiger partial charge in [-0.3, -0.25) is 14.0 Å². The van der Waals surface area contributed by atoms with Crippen molar-refractivity contribution in [3.8, 4) is 17.0 Å². The molecule has 48 heavy (non-hydrogen) atoms. The van der Waals surface area contributed by atoms with Gasteiger partial charge in [-0.1, -0.05) is 0 Å². The lowest BCUT2D eigenvalue weighted by atomic mass is 9.94. The maximum atomic E-state index is 14.3. The average molecular weight is 672 g/mol. The van der Waals surface area contributed by atoms with Crippen molar-refractivity contribution in [2.24, 2.45) is 5.92 Å². The predicted octanol–water partition coefficient (Wildman–Crippen LogP) is 4.17. The van der Waals surface area contributed by atoms with Crippen LogP contribution in [0.3, 0.4) is 0 Å². The quantitative estimate of drug-likeness (QED) is 0.213. The highest BCUT2D eigenvalue weighted by Gasteiger charge is 2.38. The molecular weight excluding hydrogens is 638 g/mol. The van der Waals surface area contributed by atoms with E-state index in [1.54, 1.807) is 30.7 Å². The number of carbonyl (C=O) groups is 3. The highest BCUT2D eigenvalue weighted by Crippen LogP contribution is 2.29. The summed E-state index contributed by atoms with van der Waals surface area (Å²) in [5, 5.41) is 16.7. The lowest BCUT2D eigenvalue weighted by molar-refractivity contribution is -0.192. The monoisotopic (exact) mass is 671 g/mol. The number of fused-ring (bicyclic) bond motifs is 1. The number of carboxylic acid groups (broad SMARTS) is 1. The van der Waals surface area contributed by atoms with E-state index in [4.69, 9.17) is 14.6 Å². The smallest absolute Gasteiger partial charge is 0.490 e. The molecule has 0 spiro atoms. The lowest BCUT2D eigenvalue weighted by Gasteiger charge is -2.34. The van der Waals surface area contributed by atoms with Crippen molar-refractivity contribution in [1.82, 2.24) is 29.9 Å². The Morgan fingerprint density at radius 3 is 2.35 bits per heavy atom. The fraction of sp³-hybridized carbons (Fsp3) is 0.344. The summed E-state index contributed by atoms with van der Waals surface area (Å²) in [4.78, 5) is 45.5. The van der Waals surface area contributed by atoms with Crippen LogP contribution in [-0.2, 0) is 9.59 Å². The van der Waals surface area contributed by atoms with E-state index >= 15 is 0 Å². The van der Waals surface area contributed by atoms with Crippen LogP contribution in [0.25, 0.3) is 16.9 Å². The molecule has 4 heterocycles. The molecule has 16 heteroatoms. The number of halogens is 4. The van der Waals surface area contributed by atoms with E-state index in [2.05, 4.69) is 25.9 Å². The van der Waals surface area contributed by atoms with Crippen LogP contribution < -0.4 is 20.7 Å². The van der Waals surface area contributed by atoms with Crippen molar-refractivity contribution in [3.63, 3.8) is 0 Å². The van der Waals surface area contributed by atoms with E-state index in [0.717, 1.165) is 24.3 Å². The van der Waals surface area contributed by atoms with Gasteiger partial charge in [-0.05, 0) is 61.7 Å². The van der Waals surface area contributed by atoms with Crippen LogP contribution >= 0.6 is 0 Å². The summed E-state index contributed by atoms with van der Waals surface area (Å²) in [6, 6.07) is 10.6. The molecule has 0 atom stereocenters. The van der Waals surface area contributed by atoms with E-state index in [1.807, 2.05) is 34.4 Å². The number of nitrogens with one attached hydrogen (secondary N) is 3. The SMILES string of the molecule is COc1ccc(-c2cnc3c(Nc4ccc(C(=O)N5CCC(C(=O)NC6CNC6)CC5)c(C)c4)nccn23)cc1F.O=C(O)C(F)(F)F. The highest BCUT2D eigenvalue weighted by molar-refractivity contribution is 5.96. The molecule has 2 aliphatic heterocycles. The minimum Gasteiger partial charge on any atom is -0.494 e. The van der Waals surface area contributed by atoms with E-state index in [9.17, 15) is 27.2 Å². The zero-order chi connectivity index (χ0) is 34.6. The van der Waals surface area contributed by atoms with Crippen molar-refractivity contribution in [2.45, 2.75) is 32.0 Å². The van der Waals surface area contributed by atoms with Crippen LogP contribution in [0.4, 0.5) is 29.1 Å². The number of hydrogen-bond donors (Lipinski definition) is 4. The van der Waals surface area contributed by atoms with Crippen LogP contribution in [-0.4, -0.2) is 87.7 Å². The summed E-state index contributed by atoms with van der Waals surface area (Å²) in [6.45, 7) is 4.68. The number of imidazole rings is 1. The largest absolute Gasteiger partial charge is 0.494 e. The molecule has 2 aromatic carbocycles. The number of aryl methyl sites for hydroxylation is 1. The number of anilines is 2. The Kier molecular flexibility index (Phi) is 10.1. The molecule has 0 unspecified atom stereocenters. The van der Waals surface area contributed by atoms with Gasteiger partial charge in [0.25, 0.3) is 5.91 Å². The van der Waals surface area contributed by atoms with Crippen molar-refractivity contribution in [3.05, 3.63) is 71.9 Å². The number of nitrogens with zero attached hydrogens (tertiary/aromatic N) is 4. The van der Waals surface area contributed by atoms with Crippen LogP contribution in [0.2, 0.25) is 0 Å². The number of aromatic nitrogens is 3. The Labute approximate surface area is 272 Å². The maximum Gasteiger partial charge on any atom is 0.490 e. The molecule has 6 rings (SSSR count). The number of aliphatic carboxylic acids is 1. The third kappa shape index (κ3) is 7.65. The number of hydrogen-bond acceptors (Lipinski definition) is 8. The molecule has 12 nitrogen and oxygen atoms in total.